The van der Waals surface area contributed by atoms with Gasteiger partial charge in [0.2, 0.25) is 0 Å². The highest BCUT2D eigenvalue weighted by Gasteiger charge is 2.44. The van der Waals surface area contributed by atoms with Crippen LogP contribution in [0.15, 0.2) is 24.3 Å². The number of para-hydroxylation sites is 1. The van der Waals surface area contributed by atoms with Gasteiger partial charge in [0.05, 0.1) is 12.6 Å². The van der Waals surface area contributed by atoms with Crippen LogP contribution in [0.1, 0.15) is 51.1 Å². The lowest BCUT2D eigenvalue weighted by Gasteiger charge is -2.44. The molecule has 3 nitrogen and oxygen atoms in total. The molecule has 21 heavy (non-hydrogen) atoms. The predicted molar refractivity (Wildman–Crippen MR) is 88.9 cm³/mol. The summed E-state index contributed by atoms with van der Waals surface area (Å²) in [4.78, 5) is 2.43. The van der Waals surface area contributed by atoms with Crippen molar-refractivity contribution < 1.29 is 4.74 Å². The van der Waals surface area contributed by atoms with Gasteiger partial charge < -0.3 is 15.0 Å². The molecule has 1 aliphatic carbocycles. The van der Waals surface area contributed by atoms with Crippen LogP contribution in [0.25, 0.3) is 0 Å². The molecule has 1 unspecified atom stereocenters. The molecule has 0 radical (unpaired) electrons. The Morgan fingerprint density at radius 2 is 1.86 bits per heavy atom. The van der Waals surface area contributed by atoms with E-state index in [0.717, 1.165) is 12.3 Å². The Hall–Kier alpha value is -1.06. The van der Waals surface area contributed by atoms with E-state index >= 15 is 0 Å². The Morgan fingerprint density at radius 3 is 2.43 bits per heavy atom. The number of rotatable bonds is 7. The second-order valence-electron chi connectivity index (χ2n) is 6.17. The summed E-state index contributed by atoms with van der Waals surface area (Å²) in [6.45, 7) is 5.93. The number of nitrogens with one attached hydrogen (secondary N) is 1. The largest absolute Gasteiger partial charge is 0.494 e. The SMILES string of the molecule is CCNC(c1ccccc1OCC)C1(N(C)C)CCCC1. The van der Waals surface area contributed by atoms with Gasteiger partial charge in [-0.1, -0.05) is 38.0 Å². The molecule has 0 amide bonds. The first kappa shape index (κ1) is 16.3. The van der Waals surface area contributed by atoms with Crippen molar-refractivity contribution in [2.24, 2.45) is 0 Å². The maximum Gasteiger partial charge on any atom is 0.124 e. The van der Waals surface area contributed by atoms with Gasteiger partial charge in [0, 0.05) is 11.1 Å². The van der Waals surface area contributed by atoms with Gasteiger partial charge in [0.15, 0.2) is 0 Å². The zero-order valence-electron chi connectivity index (χ0n) is 14.0. The average Bonchev–Trinajstić information content (AvgIpc) is 2.97. The van der Waals surface area contributed by atoms with Crippen LogP contribution < -0.4 is 10.1 Å². The molecule has 2 rings (SSSR count). The Morgan fingerprint density at radius 1 is 1.19 bits per heavy atom. The Bertz CT molecular complexity index is 439. The van der Waals surface area contributed by atoms with Crippen molar-refractivity contribution >= 4 is 0 Å². The Kier molecular flexibility index (Phi) is 5.65. The first-order valence-electron chi connectivity index (χ1n) is 8.28. The maximum absolute atomic E-state index is 5.89. The zero-order valence-corrected chi connectivity index (χ0v) is 14.0. The van der Waals surface area contributed by atoms with Gasteiger partial charge in [-0.3, -0.25) is 0 Å². The van der Waals surface area contributed by atoms with Gasteiger partial charge in [0.25, 0.3) is 0 Å². The molecule has 1 fully saturated rings. The molecule has 0 aliphatic heterocycles. The second-order valence-corrected chi connectivity index (χ2v) is 6.17. The van der Waals surface area contributed by atoms with Crippen LogP contribution in [0.5, 0.6) is 5.75 Å². The molecule has 0 aromatic heterocycles. The summed E-state index contributed by atoms with van der Waals surface area (Å²) in [7, 11) is 4.44. The number of hydrogen-bond donors (Lipinski definition) is 1. The summed E-state index contributed by atoms with van der Waals surface area (Å²) in [6.07, 6.45) is 5.13. The minimum Gasteiger partial charge on any atom is -0.494 e. The lowest BCUT2D eigenvalue weighted by atomic mass is 9.82. The van der Waals surface area contributed by atoms with Crippen molar-refractivity contribution in [2.45, 2.75) is 51.1 Å². The molecule has 0 spiro atoms. The molecule has 1 aliphatic rings. The minimum atomic E-state index is 0.198. The van der Waals surface area contributed by atoms with E-state index in [1.54, 1.807) is 0 Å². The van der Waals surface area contributed by atoms with Crippen LogP contribution in [0, 0.1) is 0 Å². The minimum absolute atomic E-state index is 0.198. The lowest BCUT2D eigenvalue weighted by molar-refractivity contribution is 0.104. The second kappa shape index (κ2) is 7.28. The van der Waals surface area contributed by atoms with E-state index in [0.29, 0.717) is 12.6 Å². The lowest BCUT2D eigenvalue weighted by Crippen LogP contribution is -2.52. The van der Waals surface area contributed by atoms with Gasteiger partial charge in [-0.05, 0) is 46.5 Å². The molecule has 1 aromatic carbocycles. The van der Waals surface area contributed by atoms with Crippen molar-refractivity contribution in [3.63, 3.8) is 0 Å². The van der Waals surface area contributed by atoms with E-state index < -0.39 is 0 Å². The molecule has 1 N–H and O–H groups in total. The van der Waals surface area contributed by atoms with Crippen LogP contribution in [-0.2, 0) is 0 Å². The van der Waals surface area contributed by atoms with Gasteiger partial charge >= 0.3 is 0 Å². The summed E-state index contributed by atoms with van der Waals surface area (Å²) in [5.74, 6) is 1.03. The van der Waals surface area contributed by atoms with Gasteiger partial charge in [-0.25, -0.2) is 0 Å². The monoisotopic (exact) mass is 290 g/mol. The first-order valence-corrected chi connectivity index (χ1v) is 8.28. The normalized spacial score (nSPS) is 18.9. The van der Waals surface area contributed by atoms with E-state index in [1.165, 1.54) is 31.2 Å². The molecular formula is C18H30N2O. The Balaban J connectivity index is 2.43. The van der Waals surface area contributed by atoms with Crippen molar-refractivity contribution in [3.05, 3.63) is 29.8 Å². The summed E-state index contributed by atoms with van der Waals surface area (Å²) in [6, 6.07) is 8.83. The van der Waals surface area contributed by atoms with E-state index in [2.05, 4.69) is 62.4 Å². The standard InChI is InChI=1S/C18H30N2O/c1-5-19-17(18(20(3)4)13-9-10-14-18)15-11-7-8-12-16(15)21-6-2/h7-8,11-12,17,19H,5-6,9-10,13-14H2,1-4H3. The van der Waals surface area contributed by atoms with Crippen molar-refractivity contribution in [1.29, 1.82) is 0 Å². The Labute approximate surface area is 129 Å². The molecular weight excluding hydrogens is 260 g/mol. The number of nitrogens with zero attached hydrogens (tertiary/aromatic N) is 1. The first-order chi connectivity index (χ1) is 10.2. The third-order valence-corrected chi connectivity index (χ3v) is 4.84. The average molecular weight is 290 g/mol. The van der Waals surface area contributed by atoms with E-state index in [4.69, 9.17) is 4.74 Å². The predicted octanol–water partition coefficient (Wildman–Crippen LogP) is 3.61. The fraction of sp³-hybridized carbons (Fsp3) is 0.667. The summed E-state index contributed by atoms with van der Waals surface area (Å²) in [5, 5.41) is 3.74. The highest BCUT2D eigenvalue weighted by molar-refractivity contribution is 5.38. The maximum atomic E-state index is 5.89. The summed E-state index contributed by atoms with van der Waals surface area (Å²) < 4.78 is 5.89. The van der Waals surface area contributed by atoms with Crippen molar-refractivity contribution in [2.75, 3.05) is 27.2 Å². The molecule has 0 saturated heterocycles. The van der Waals surface area contributed by atoms with Crippen LogP contribution in [0.4, 0.5) is 0 Å². The third kappa shape index (κ3) is 3.24. The van der Waals surface area contributed by atoms with Gasteiger partial charge in [-0.15, -0.1) is 0 Å². The quantitative estimate of drug-likeness (QED) is 0.830. The van der Waals surface area contributed by atoms with Crippen LogP contribution in [-0.4, -0.2) is 37.7 Å². The topological polar surface area (TPSA) is 24.5 Å². The summed E-state index contributed by atoms with van der Waals surface area (Å²) >= 11 is 0. The third-order valence-electron chi connectivity index (χ3n) is 4.84. The van der Waals surface area contributed by atoms with Crippen molar-refractivity contribution in [1.82, 2.24) is 10.2 Å². The number of ether oxygens (including phenoxy) is 1. The van der Waals surface area contributed by atoms with E-state index in [-0.39, 0.29) is 5.54 Å². The van der Waals surface area contributed by atoms with Gasteiger partial charge in [-0.2, -0.15) is 0 Å². The highest BCUT2D eigenvalue weighted by atomic mass is 16.5. The highest BCUT2D eigenvalue weighted by Crippen LogP contribution is 2.45. The number of benzene rings is 1. The van der Waals surface area contributed by atoms with Crippen LogP contribution in [0.2, 0.25) is 0 Å². The van der Waals surface area contributed by atoms with Crippen LogP contribution in [0.3, 0.4) is 0 Å². The molecule has 118 valence electrons. The number of likely N-dealkylation sites (N-methyl/N-ethyl adjacent to an activating group) is 2. The molecule has 1 aromatic rings. The smallest absolute Gasteiger partial charge is 0.124 e. The fourth-order valence-electron chi connectivity index (χ4n) is 3.78. The molecule has 3 heteroatoms. The zero-order chi connectivity index (χ0) is 15.3. The van der Waals surface area contributed by atoms with Gasteiger partial charge in [0.1, 0.15) is 5.75 Å². The molecule has 0 heterocycles. The van der Waals surface area contributed by atoms with E-state index in [9.17, 15) is 0 Å². The van der Waals surface area contributed by atoms with E-state index in [1.807, 2.05) is 0 Å². The van der Waals surface area contributed by atoms with Crippen LogP contribution >= 0.6 is 0 Å². The summed E-state index contributed by atoms with van der Waals surface area (Å²) in [5.41, 5.74) is 1.50. The number of hydrogen-bond acceptors (Lipinski definition) is 3. The molecule has 0 bridgehead atoms. The molecule has 1 atom stereocenters. The fourth-order valence-corrected chi connectivity index (χ4v) is 3.78. The molecule has 1 saturated carbocycles. The van der Waals surface area contributed by atoms with Crippen molar-refractivity contribution in [3.8, 4) is 5.75 Å².